The highest BCUT2D eigenvalue weighted by Crippen LogP contribution is 2.43. The van der Waals surface area contributed by atoms with E-state index in [1.54, 1.807) is 12.4 Å². The molecule has 1 aromatic carbocycles. The number of aromatic nitrogens is 3. The predicted molar refractivity (Wildman–Crippen MR) is 137 cm³/mol. The summed E-state index contributed by atoms with van der Waals surface area (Å²) in [6.45, 7) is 1.98. The van der Waals surface area contributed by atoms with Crippen LogP contribution < -0.4 is 16.8 Å². The summed E-state index contributed by atoms with van der Waals surface area (Å²) in [7, 11) is 0. The summed E-state index contributed by atoms with van der Waals surface area (Å²) in [4.78, 5) is 26.8. The van der Waals surface area contributed by atoms with E-state index >= 15 is 0 Å². The van der Waals surface area contributed by atoms with Gasteiger partial charge in [-0.25, -0.2) is 9.97 Å². The molecular formula is C24H17N7OS2. The molecule has 0 fully saturated rings. The predicted octanol–water partition coefficient (Wildman–Crippen LogP) is 5.08. The van der Waals surface area contributed by atoms with E-state index in [0.29, 0.717) is 20.9 Å². The smallest absolute Gasteiger partial charge is 0.269 e. The summed E-state index contributed by atoms with van der Waals surface area (Å²) in [5, 5.41) is 15.4. The van der Waals surface area contributed by atoms with Crippen LogP contribution in [0.4, 0.5) is 16.6 Å². The van der Waals surface area contributed by atoms with Crippen molar-refractivity contribution in [3.63, 3.8) is 0 Å². The van der Waals surface area contributed by atoms with Gasteiger partial charge in [0.2, 0.25) is 0 Å². The third-order valence-corrected chi connectivity index (χ3v) is 7.12. The first kappa shape index (κ1) is 21.5. The van der Waals surface area contributed by atoms with Gasteiger partial charge in [0.05, 0.1) is 11.4 Å². The minimum atomic E-state index is -0.400. The molecule has 8 nitrogen and oxygen atoms in total. The number of nitrogens with two attached hydrogens (primary N) is 2. The summed E-state index contributed by atoms with van der Waals surface area (Å²) in [5.41, 5.74) is 17.1. The first-order chi connectivity index (χ1) is 16.5. The fraction of sp³-hybridized carbons (Fsp3) is 0.0417. The molecule has 0 saturated heterocycles. The van der Waals surface area contributed by atoms with E-state index in [1.807, 2.05) is 48.7 Å². The van der Waals surface area contributed by atoms with Gasteiger partial charge in [0.25, 0.3) is 5.91 Å². The molecule has 0 spiro atoms. The van der Waals surface area contributed by atoms with Crippen molar-refractivity contribution in [2.45, 2.75) is 6.92 Å². The number of aryl methyl sites for hydroxylation is 1. The normalized spacial score (nSPS) is 10.8. The Labute approximate surface area is 202 Å². The van der Waals surface area contributed by atoms with Crippen LogP contribution in [-0.2, 0) is 0 Å². The zero-order valence-corrected chi connectivity index (χ0v) is 19.5. The number of fused-ring (bicyclic) bond motifs is 1. The number of rotatable bonds is 4. The molecule has 0 aliphatic rings. The highest BCUT2D eigenvalue weighted by molar-refractivity contribution is 7.21. The largest absolute Gasteiger partial charge is 0.397 e. The van der Waals surface area contributed by atoms with Gasteiger partial charge in [0.15, 0.2) is 5.13 Å². The van der Waals surface area contributed by atoms with Crippen LogP contribution in [0.1, 0.15) is 20.8 Å². The van der Waals surface area contributed by atoms with Crippen molar-refractivity contribution in [3.8, 4) is 28.5 Å². The molecule has 0 unspecified atom stereocenters. The number of pyridine rings is 2. The zero-order chi connectivity index (χ0) is 23.8. The standard InChI is InChI=1S/C24H17N7OS2/c1-12-2-4-14(5-3-12)17-15(10-25)21(27)30-23-18(17)19(26)20(34-23)22(32)31-24-29-16(11-33-24)13-6-8-28-9-7-13/h2-9,11H,26H2,1H3,(H2,27,30)(H,29,31,32). The maximum absolute atomic E-state index is 13.1. The number of amides is 1. The van der Waals surface area contributed by atoms with Crippen molar-refractivity contribution in [3.05, 3.63) is 70.2 Å². The number of nitriles is 1. The number of benzene rings is 1. The van der Waals surface area contributed by atoms with Crippen LogP contribution in [-0.4, -0.2) is 20.9 Å². The molecule has 166 valence electrons. The van der Waals surface area contributed by atoms with E-state index in [2.05, 4.69) is 26.3 Å². The maximum atomic E-state index is 13.1. The Morgan fingerprint density at radius 1 is 1.06 bits per heavy atom. The van der Waals surface area contributed by atoms with Crippen molar-refractivity contribution in [2.24, 2.45) is 0 Å². The first-order valence-electron chi connectivity index (χ1n) is 10.1. The highest BCUT2D eigenvalue weighted by Gasteiger charge is 2.24. The molecule has 4 aromatic heterocycles. The molecule has 0 aliphatic carbocycles. The number of hydrogen-bond donors (Lipinski definition) is 3. The van der Waals surface area contributed by atoms with E-state index in [4.69, 9.17) is 11.5 Å². The topological polar surface area (TPSA) is 144 Å². The van der Waals surface area contributed by atoms with E-state index in [-0.39, 0.29) is 21.9 Å². The summed E-state index contributed by atoms with van der Waals surface area (Å²) in [6.07, 6.45) is 3.37. The van der Waals surface area contributed by atoms with Crippen molar-refractivity contribution < 1.29 is 4.79 Å². The summed E-state index contributed by atoms with van der Waals surface area (Å²) >= 11 is 2.44. The monoisotopic (exact) mass is 483 g/mol. The second kappa shape index (κ2) is 8.55. The molecule has 4 heterocycles. The van der Waals surface area contributed by atoms with E-state index in [1.165, 1.54) is 11.3 Å². The Morgan fingerprint density at radius 3 is 2.50 bits per heavy atom. The summed E-state index contributed by atoms with van der Waals surface area (Å²) in [6, 6.07) is 13.5. The Bertz CT molecular complexity index is 1580. The van der Waals surface area contributed by atoms with Crippen molar-refractivity contribution in [2.75, 3.05) is 16.8 Å². The molecule has 0 saturated carbocycles. The van der Waals surface area contributed by atoms with Crippen molar-refractivity contribution >= 4 is 55.4 Å². The average Bonchev–Trinajstić information content (AvgIpc) is 3.44. The lowest BCUT2D eigenvalue weighted by Crippen LogP contribution is -2.11. The summed E-state index contributed by atoms with van der Waals surface area (Å²) < 4.78 is 0. The van der Waals surface area contributed by atoms with Gasteiger partial charge in [-0.1, -0.05) is 29.8 Å². The molecule has 0 bridgehead atoms. The van der Waals surface area contributed by atoms with Gasteiger partial charge in [-0.05, 0) is 24.6 Å². The second-order valence-corrected chi connectivity index (χ2v) is 9.33. The zero-order valence-electron chi connectivity index (χ0n) is 17.9. The minimum absolute atomic E-state index is 0.0979. The van der Waals surface area contributed by atoms with Crippen LogP contribution in [0.3, 0.4) is 0 Å². The number of thiophene rings is 1. The second-order valence-electron chi connectivity index (χ2n) is 7.48. The maximum Gasteiger partial charge on any atom is 0.269 e. The van der Waals surface area contributed by atoms with E-state index in [0.717, 1.165) is 33.7 Å². The van der Waals surface area contributed by atoms with Gasteiger partial charge in [-0.15, -0.1) is 22.7 Å². The lowest BCUT2D eigenvalue weighted by atomic mass is 9.96. The van der Waals surface area contributed by atoms with E-state index in [9.17, 15) is 10.1 Å². The third kappa shape index (κ3) is 3.73. The van der Waals surface area contributed by atoms with Crippen LogP contribution in [0, 0.1) is 18.3 Å². The quantitative estimate of drug-likeness (QED) is 0.323. The van der Waals surface area contributed by atoms with E-state index < -0.39 is 5.91 Å². The number of thiazole rings is 1. The fourth-order valence-corrected chi connectivity index (χ4v) is 5.32. The molecule has 5 aromatic rings. The number of hydrogen-bond acceptors (Lipinski definition) is 9. The van der Waals surface area contributed by atoms with Crippen LogP contribution in [0.25, 0.3) is 32.6 Å². The van der Waals surface area contributed by atoms with Gasteiger partial charge in [-0.2, -0.15) is 5.26 Å². The van der Waals surface area contributed by atoms with Crippen LogP contribution in [0.2, 0.25) is 0 Å². The lowest BCUT2D eigenvalue weighted by molar-refractivity contribution is 0.103. The molecule has 0 radical (unpaired) electrons. The average molecular weight is 484 g/mol. The van der Waals surface area contributed by atoms with Gasteiger partial charge in [-0.3, -0.25) is 15.1 Å². The van der Waals surface area contributed by atoms with Gasteiger partial charge in [0, 0.05) is 34.3 Å². The number of nitrogen functional groups attached to an aromatic ring is 2. The fourth-order valence-electron chi connectivity index (χ4n) is 3.60. The Hall–Kier alpha value is -4.33. The SMILES string of the molecule is Cc1ccc(-c2c(C#N)c(N)nc3sc(C(=O)Nc4nc(-c5ccncc5)cs4)c(N)c23)cc1. The molecular weight excluding hydrogens is 466 g/mol. The molecule has 10 heteroatoms. The Kier molecular flexibility index (Phi) is 5.41. The molecule has 1 amide bonds. The minimum Gasteiger partial charge on any atom is -0.397 e. The van der Waals surface area contributed by atoms with Gasteiger partial charge in [0.1, 0.15) is 27.2 Å². The molecule has 34 heavy (non-hydrogen) atoms. The number of carbonyl (C=O) groups excluding carboxylic acids is 1. The van der Waals surface area contributed by atoms with Crippen LogP contribution >= 0.6 is 22.7 Å². The Balaban J connectivity index is 1.56. The van der Waals surface area contributed by atoms with Crippen molar-refractivity contribution in [1.29, 1.82) is 5.26 Å². The Morgan fingerprint density at radius 2 is 1.79 bits per heavy atom. The summed E-state index contributed by atoms with van der Waals surface area (Å²) in [5.74, 6) is -0.302. The molecule has 5 rings (SSSR count). The molecule has 5 N–H and O–H groups in total. The first-order valence-corrected chi connectivity index (χ1v) is 11.8. The molecule has 0 aliphatic heterocycles. The van der Waals surface area contributed by atoms with Gasteiger partial charge < -0.3 is 11.5 Å². The number of nitrogens with zero attached hydrogens (tertiary/aromatic N) is 4. The van der Waals surface area contributed by atoms with Gasteiger partial charge >= 0.3 is 0 Å². The lowest BCUT2D eigenvalue weighted by Gasteiger charge is -2.10. The molecule has 0 atom stereocenters. The van der Waals surface area contributed by atoms with Crippen LogP contribution in [0.5, 0.6) is 0 Å². The highest BCUT2D eigenvalue weighted by atomic mass is 32.1. The third-order valence-electron chi connectivity index (χ3n) is 5.26. The van der Waals surface area contributed by atoms with Crippen LogP contribution in [0.15, 0.2) is 54.2 Å². The number of nitrogens with one attached hydrogen (secondary N) is 1. The van der Waals surface area contributed by atoms with Crippen molar-refractivity contribution in [1.82, 2.24) is 15.0 Å². The number of anilines is 3. The number of carbonyl (C=O) groups is 1.